The molecule has 0 aromatic rings. The van der Waals surface area contributed by atoms with Crippen molar-refractivity contribution in [3.8, 4) is 0 Å². The van der Waals surface area contributed by atoms with Gasteiger partial charge in [0.15, 0.2) is 0 Å². The fourth-order valence-corrected chi connectivity index (χ4v) is 0.859. The second kappa shape index (κ2) is 9.59. The van der Waals surface area contributed by atoms with Crippen LogP contribution in [0.1, 0.15) is 25.7 Å². The summed E-state index contributed by atoms with van der Waals surface area (Å²) < 4.78 is 0. The predicted molar refractivity (Wildman–Crippen MR) is 44.5 cm³/mol. The Labute approximate surface area is 67.8 Å². The molecule has 2 N–H and O–H groups in total. The minimum Gasteiger partial charge on any atom is -0.395 e. The second-order valence-electron chi connectivity index (χ2n) is 2.49. The largest absolute Gasteiger partial charge is 0.395 e. The van der Waals surface area contributed by atoms with Crippen molar-refractivity contribution in [1.82, 2.24) is 5.32 Å². The summed E-state index contributed by atoms with van der Waals surface area (Å²) in [5.74, 6) is 0. The highest BCUT2D eigenvalue weighted by Gasteiger charge is 1.88. The van der Waals surface area contributed by atoms with Crippen molar-refractivity contribution in [2.75, 3.05) is 19.7 Å². The number of carbonyl (C=O) groups is 1. The molecule has 66 valence electrons. The van der Waals surface area contributed by atoms with Gasteiger partial charge in [0.1, 0.15) is 6.29 Å². The minimum absolute atomic E-state index is 0.203. The van der Waals surface area contributed by atoms with Crippen LogP contribution in [0.2, 0.25) is 0 Å². The van der Waals surface area contributed by atoms with Gasteiger partial charge in [0.05, 0.1) is 6.61 Å². The molecule has 0 saturated carbocycles. The summed E-state index contributed by atoms with van der Waals surface area (Å²) in [5, 5.41) is 11.5. The molecule has 0 aliphatic heterocycles. The van der Waals surface area contributed by atoms with Gasteiger partial charge in [-0.2, -0.15) is 0 Å². The Morgan fingerprint density at radius 2 is 2.00 bits per heavy atom. The molecule has 0 saturated heterocycles. The summed E-state index contributed by atoms with van der Waals surface area (Å²) >= 11 is 0. The van der Waals surface area contributed by atoms with Crippen molar-refractivity contribution in [1.29, 1.82) is 0 Å². The molecular formula is C8H17NO2. The average molecular weight is 159 g/mol. The van der Waals surface area contributed by atoms with Gasteiger partial charge in [0, 0.05) is 13.0 Å². The maximum Gasteiger partial charge on any atom is 0.119 e. The van der Waals surface area contributed by atoms with Crippen LogP contribution in [0.3, 0.4) is 0 Å². The van der Waals surface area contributed by atoms with E-state index < -0.39 is 0 Å². The van der Waals surface area contributed by atoms with Gasteiger partial charge in [-0.05, 0) is 19.4 Å². The van der Waals surface area contributed by atoms with Crippen LogP contribution >= 0.6 is 0 Å². The molecule has 0 amide bonds. The molecule has 0 bridgehead atoms. The zero-order valence-electron chi connectivity index (χ0n) is 6.88. The van der Waals surface area contributed by atoms with Crippen molar-refractivity contribution in [2.24, 2.45) is 0 Å². The Balaban J connectivity index is 2.74. The predicted octanol–water partition coefficient (Wildman–Crippen LogP) is 0.328. The number of rotatable bonds is 8. The van der Waals surface area contributed by atoms with E-state index in [4.69, 9.17) is 5.11 Å². The van der Waals surface area contributed by atoms with Gasteiger partial charge in [-0.1, -0.05) is 6.42 Å². The van der Waals surface area contributed by atoms with E-state index in [1.807, 2.05) is 0 Å². The van der Waals surface area contributed by atoms with Crippen LogP contribution in [0.4, 0.5) is 0 Å². The molecule has 0 aromatic heterocycles. The van der Waals surface area contributed by atoms with Gasteiger partial charge < -0.3 is 15.2 Å². The van der Waals surface area contributed by atoms with Crippen LogP contribution in [0, 0.1) is 0 Å². The number of aldehydes is 1. The summed E-state index contributed by atoms with van der Waals surface area (Å²) in [7, 11) is 0. The van der Waals surface area contributed by atoms with Crippen molar-refractivity contribution >= 4 is 6.29 Å². The topological polar surface area (TPSA) is 49.3 Å². The first-order valence-corrected chi connectivity index (χ1v) is 4.17. The molecule has 3 nitrogen and oxygen atoms in total. The molecule has 11 heavy (non-hydrogen) atoms. The van der Waals surface area contributed by atoms with Crippen LogP contribution in [-0.2, 0) is 4.79 Å². The zero-order valence-corrected chi connectivity index (χ0v) is 6.88. The first-order chi connectivity index (χ1) is 5.41. The van der Waals surface area contributed by atoms with E-state index in [0.717, 1.165) is 32.1 Å². The maximum atomic E-state index is 9.89. The number of nitrogens with one attached hydrogen (secondary N) is 1. The number of unbranched alkanes of at least 4 members (excludes halogenated alkanes) is 3. The summed E-state index contributed by atoms with van der Waals surface area (Å²) in [6.07, 6.45) is 4.82. The third-order valence-electron chi connectivity index (χ3n) is 1.46. The number of aliphatic hydroxyl groups excluding tert-OH is 1. The third kappa shape index (κ3) is 9.59. The fraction of sp³-hybridized carbons (Fsp3) is 0.875. The smallest absolute Gasteiger partial charge is 0.119 e. The van der Waals surface area contributed by atoms with Crippen LogP contribution in [-0.4, -0.2) is 31.1 Å². The molecule has 0 radical (unpaired) electrons. The Morgan fingerprint density at radius 1 is 1.18 bits per heavy atom. The highest BCUT2D eigenvalue weighted by Crippen LogP contribution is 1.95. The van der Waals surface area contributed by atoms with Gasteiger partial charge in [-0.25, -0.2) is 0 Å². The van der Waals surface area contributed by atoms with Crippen LogP contribution in [0.5, 0.6) is 0 Å². The quantitative estimate of drug-likeness (QED) is 0.396. The lowest BCUT2D eigenvalue weighted by atomic mass is 10.2. The zero-order chi connectivity index (χ0) is 8.36. The van der Waals surface area contributed by atoms with E-state index in [0.29, 0.717) is 13.0 Å². The Morgan fingerprint density at radius 3 is 2.64 bits per heavy atom. The Hall–Kier alpha value is -0.410. The lowest BCUT2D eigenvalue weighted by molar-refractivity contribution is -0.107. The van der Waals surface area contributed by atoms with Crippen molar-refractivity contribution < 1.29 is 9.90 Å². The van der Waals surface area contributed by atoms with Gasteiger partial charge in [0.25, 0.3) is 0 Å². The summed E-state index contributed by atoms with van der Waals surface area (Å²) in [4.78, 5) is 9.89. The first-order valence-electron chi connectivity index (χ1n) is 4.17. The number of carbonyl (C=O) groups excluding carboxylic acids is 1. The molecule has 0 rings (SSSR count). The minimum atomic E-state index is 0.203. The molecule has 0 atom stereocenters. The molecule has 0 aliphatic rings. The van der Waals surface area contributed by atoms with Crippen molar-refractivity contribution in [3.05, 3.63) is 0 Å². The molecule has 0 unspecified atom stereocenters. The van der Waals surface area contributed by atoms with Crippen molar-refractivity contribution in [2.45, 2.75) is 25.7 Å². The lowest BCUT2D eigenvalue weighted by Gasteiger charge is -2.00. The fourth-order valence-electron chi connectivity index (χ4n) is 0.859. The summed E-state index contributed by atoms with van der Waals surface area (Å²) in [6.45, 7) is 1.82. The first kappa shape index (κ1) is 10.6. The Kier molecular flexibility index (Phi) is 9.23. The summed E-state index contributed by atoms with van der Waals surface area (Å²) in [6, 6.07) is 0. The van der Waals surface area contributed by atoms with Crippen molar-refractivity contribution in [3.63, 3.8) is 0 Å². The molecule has 0 aliphatic carbocycles. The highest BCUT2D eigenvalue weighted by atomic mass is 16.3. The molecule has 0 aromatic carbocycles. The van der Waals surface area contributed by atoms with E-state index in [-0.39, 0.29) is 6.61 Å². The normalized spacial score (nSPS) is 9.91. The number of aliphatic hydroxyl groups is 1. The van der Waals surface area contributed by atoms with E-state index in [1.54, 1.807) is 0 Å². The Bertz CT molecular complexity index is 86.2. The second-order valence-corrected chi connectivity index (χ2v) is 2.49. The van der Waals surface area contributed by atoms with Gasteiger partial charge in [0.2, 0.25) is 0 Å². The SMILES string of the molecule is O=CCCCCCNCCO. The number of hydrogen-bond acceptors (Lipinski definition) is 3. The summed E-state index contributed by atoms with van der Waals surface area (Å²) in [5.41, 5.74) is 0. The monoisotopic (exact) mass is 159 g/mol. The van der Waals surface area contributed by atoms with Gasteiger partial charge in [-0.15, -0.1) is 0 Å². The number of hydrogen-bond donors (Lipinski definition) is 2. The molecule has 3 heteroatoms. The van der Waals surface area contributed by atoms with Crippen LogP contribution < -0.4 is 5.32 Å². The molecular weight excluding hydrogens is 142 g/mol. The van der Waals surface area contributed by atoms with E-state index in [2.05, 4.69) is 5.32 Å². The molecule has 0 heterocycles. The van der Waals surface area contributed by atoms with Crippen LogP contribution in [0.25, 0.3) is 0 Å². The van der Waals surface area contributed by atoms with Gasteiger partial charge >= 0.3 is 0 Å². The van der Waals surface area contributed by atoms with Crippen LogP contribution in [0.15, 0.2) is 0 Å². The third-order valence-corrected chi connectivity index (χ3v) is 1.46. The lowest BCUT2D eigenvalue weighted by Crippen LogP contribution is -2.19. The van der Waals surface area contributed by atoms with Gasteiger partial charge in [-0.3, -0.25) is 0 Å². The molecule has 0 spiro atoms. The van der Waals surface area contributed by atoms with E-state index >= 15 is 0 Å². The molecule has 0 fully saturated rings. The standard InChI is InChI=1S/C8H17NO2/c10-7-4-2-1-3-5-9-6-8-11/h7,9,11H,1-6,8H2. The maximum absolute atomic E-state index is 9.89. The van der Waals surface area contributed by atoms with E-state index in [1.165, 1.54) is 0 Å². The highest BCUT2D eigenvalue weighted by molar-refractivity contribution is 5.48. The average Bonchev–Trinajstić information content (AvgIpc) is 2.03. The van der Waals surface area contributed by atoms with E-state index in [9.17, 15) is 4.79 Å².